The normalized spacial score (nSPS) is 10.8. The highest BCUT2D eigenvalue weighted by Crippen LogP contribution is 2.33. The summed E-state index contributed by atoms with van der Waals surface area (Å²) in [6.45, 7) is 1.88. The quantitative estimate of drug-likeness (QED) is 0.789. The van der Waals surface area contributed by atoms with E-state index in [9.17, 15) is 4.39 Å². The number of hydrogen-bond acceptors (Lipinski definition) is 4. The first-order valence-electron chi connectivity index (χ1n) is 4.02. The van der Waals surface area contributed by atoms with E-state index in [1.54, 1.807) is 0 Å². The van der Waals surface area contributed by atoms with Crippen LogP contribution in [0.3, 0.4) is 0 Å². The molecule has 2 heterocycles. The summed E-state index contributed by atoms with van der Waals surface area (Å²) in [6.07, 6.45) is 0. The minimum Gasteiger partial charge on any atom is -0.479 e. The molecule has 2 rings (SSSR count). The standard InChI is InChI=1S/C9H9FN2OS/c1-4-7(11)5-3-6(10)8(13-2)12-9(5)14-4/h3H,11H2,1-2H3. The molecule has 0 aromatic carbocycles. The molecule has 0 aliphatic rings. The smallest absolute Gasteiger partial charge is 0.251 e. The predicted molar refractivity (Wildman–Crippen MR) is 55.3 cm³/mol. The van der Waals surface area contributed by atoms with Gasteiger partial charge in [-0.2, -0.15) is 4.98 Å². The molecule has 5 heteroatoms. The molecule has 14 heavy (non-hydrogen) atoms. The molecule has 2 N–H and O–H groups in total. The Morgan fingerprint density at radius 2 is 2.29 bits per heavy atom. The third kappa shape index (κ3) is 1.21. The summed E-state index contributed by atoms with van der Waals surface area (Å²) < 4.78 is 18.1. The summed E-state index contributed by atoms with van der Waals surface area (Å²) >= 11 is 1.43. The van der Waals surface area contributed by atoms with Crippen LogP contribution < -0.4 is 10.5 Å². The highest BCUT2D eigenvalue weighted by atomic mass is 32.1. The molecule has 3 nitrogen and oxygen atoms in total. The maximum Gasteiger partial charge on any atom is 0.251 e. The SMILES string of the molecule is COc1nc2sc(C)c(N)c2cc1F. The number of ether oxygens (including phenoxy) is 1. The van der Waals surface area contributed by atoms with Gasteiger partial charge in [0, 0.05) is 10.3 Å². The average Bonchev–Trinajstić information content (AvgIpc) is 2.43. The number of rotatable bonds is 1. The van der Waals surface area contributed by atoms with Crippen molar-refractivity contribution in [1.82, 2.24) is 4.98 Å². The second kappa shape index (κ2) is 3.09. The van der Waals surface area contributed by atoms with Crippen molar-refractivity contribution in [2.75, 3.05) is 12.8 Å². The first kappa shape index (κ1) is 9.21. The van der Waals surface area contributed by atoms with E-state index in [1.807, 2.05) is 6.92 Å². The summed E-state index contributed by atoms with van der Waals surface area (Å²) in [5.74, 6) is -0.469. The lowest BCUT2D eigenvalue weighted by molar-refractivity contribution is 0.371. The molecule has 0 aliphatic carbocycles. The van der Waals surface area contributed by atoms with Gasteiger partial charge in [-0.1, -0.05) is 0 Å². The molecular formula is C9H9FN2OS. The number of aromatic nitrogens is 1. The molecule has 74 valence electrons. The lowest BCUT2D eigenvalue weighted by atomic mass is 10.3. The largest absolute Gasteiger partial charge is 0.479 e. The Balaban J connectivity index is 2.79. The Labute approximate surface area is 84.3 Å². The predicted octanol–water partition coefficient (Wildman–Crippen LogP) is 2.33. The fourth-order valence-corrected chi connectivity index (χ4v) is 2.18. The first-order chi connectivity index (χ1) is 6.63. The van der Waals surface area contributed by atoms with Crippen molar-refractivity contribution in [3.05, 3.63) is 16.8 Å². The summed E-state index contributed by atoms with van der Waals surface area (Å²) in [4.78, 5) is 5.67. The third-order valence-electron chi connectivity index (χ3n) is 2.02. The van der Waals surface area contributed by atoms with Crippen LogP contribution in [0.1, 0.15) is 4.88 Å². The maximum absolute atomic E-state index is 13.3. The topological polar surface area (TPSA) is 48.1 Å². The fraction of sp³-hybridized carbons (Fsp3) is 0.222. The zero-order valence-electron chi connectivity index (χ0n) is 7.80. The van der Waals surface area contributed by atoms with Crippen LogP contribution in [-0.2, 0) is 0 Å². The number of fused-ring (bicyclic) bond motifs is 1. The van der Waals surface area contributed by atoms with Crippen LogP contribution in [0.25, 0.3) is 10.2 Å². The highest BCUT2D eigenvalue weighted by Gasteiger charge is 2.12. The molecule has 0 aliphatic heterocycles. The van der Waals surface area contributed by atoms with Gasteiger partial charge in [0.25, 0.3) is 5.88 Å². The van der Waals surface area contributed by atoms with E-state index in [0.717, 1.165) is 4.88 Å². The van der Waals surface area contributed by atoms with Crippen molar-refractivity contribution in [2.45, 2.75) is 6.92 Å². The second-order valence-corrected chi connectivity index (χ2v) is 4.11. The van der Waals surface area contributed by atoms with Crippen LogP contribution in [0.15, 0.2) is 6.07 Å². The number of nitrogens with two attached hydrogens (primary N) is 1. The molecule has 0 fully saturated rings. The number of halogens is 1. The van der Waals surface area contributed by atoms with Gasteiger partial charge in [0.05, 0.1) is 12.8 Å². The molecular weight excluding hydrogens is 203 g/mol. The Bertz CT molecular complexity index is 495. The number of pyridine rings is 1. The van der Waals surface area contributed by atoms with Crippen molar-refractivity contribution < 1.29 is 9.13 Å². The van der Waals surface area contributed by atoms with Gasteiger partial charge < -0.3 is 10.5 Å². The van der Waals surface area contributed by atoms with Crippen LogP contribution in [0.4, 0.5) is 10.1 Å². The number of hydrogen-bond donors (Lipinski definition) is 1. The van der Waals surface area contributed by atoms with E-state index >= 15 is 0 Å². The Kier molecular flexibility index (Phi) is 2.03. The summed E-state index contributed by atoms with van der Waals surface area (Å²) in [6, 6.07) is 1.36. The number of anilines is 1. The van der Waals surface area contributed by atoms with E-state index in [2.05, 4.69) is 4.98 Å². The molecule has 0 saturated heterocycles. The van der Waals surface area contributed by atoms with Crippen molar-refractivity contribution in [3.8, 4) is 5.88 Å². The van der Waals surface area contributed by atoms with Gasteiger partial charge in [-0.05, 0) is 13.0 Å². The van der Waals surface area contributed by atoms with Gasteiger partial charge in [0.2, 0.25) is 0 Å². The van der Waals surface area contributed by atoms with Gasteiger partial charge in [0.1, 0.15) is 4.83 Å². The number of thiophene rings is 1. The lowest BCUT2D eigenvalue weighted by Gasteiger charge is -1.99. The van der Waals surface area contributed by atoms with Crippen LogP contribution in [0.2, 0.25) is 0 Å². The zero-order chi connectivity index (χ0) is 10.3. The van der Waals surface area contributed by atoms with Crippen molar-refractivity contribution in [1.29, 1.82) is 0 Å². The van der Waals surface area contributed by atoms with E-state index in [-0.39, 0.29) is 5.88 Å². The van der Waals surface area contributed by atoms with E-state index in [4.69, 9.17) is 10.5 Å². The zero-order valence-corrected chi connectivity index (χ0v) is 8.61. The molecule has 0 amide bonds. The number of aryl methyl sites for hydroxylation is 1. The molecule has 2 aromatic rings. The monoisotopic (exact) mass is 212 g/mol. The Morgan fingerprint density at radius 1 is 1.57 bits per heavy atom. The summed E-state index contributed by atoms with van der Waals surface area (Å²) in [7, 11) is 1.39. The number of nitrogen functional groups attached to an aromatic ring is 1. The van der Waals surface area contributed by atoms with Gasteiger partial charge in [-0.3, -0.25) is 0 Å². The van der Waals surface area contributed by atoms with Crippen LogP contribution in [0, 0.1) is 12.7 Å². The minimum atomic E-state index is -0.482. The van der Waals surface area contributed by atoms with Crippen LogP contribution >= 0.6 is 11.3 Å². The van der Waals surface area contributed by atoms with Gasteiger partial charge in [0.15, 0.2) is 5.82 Å². The van der Waals surface area contributed by atoms with Gasteiger partial charge in [-0.25, -0.2) is 4.39 Å². The van der Waals surface area contributed by atoms with Crippen LogP contribution in [-0.4, -0.2) is 12.1 Å². The number of methoxy groups -OCH3 is 1. The van der Waals surface area contributed by atoms with Crippen molar-refractivity contribution in [3.63, 3.8) is 0 Å². The highest BCUT2D eigenvalue weighted by molar-refractivity contribution is 7.19. The molecule has 2 aromatic heterocycles. The number of nitrogens with zero attached hydrogens (tertiary/aromatic N) is 1. The van der Waals surface area contributed by atoms with E-state index < -0.39 is 5.82 Å². The second-order valence-electron chi connectivity index (χ2n) is 2.90. The molecule has 0 spiro atoms. The Morgan fingerprint density at radius 3 is 2.93 bits per heavy atom. The van der Waals surface area contributed by atoms with Crippen LogP contribution in [0.5, 0.6) is 5.88 Å². The molecule has 0 saturated carbocycles. The van der Waals surface area contributed by atoms with E-state index in [0.29, 0.717) is 15.9 Å². The van der Waals surface area contributed by atoms with E-state index in [1.165, 1.54) is 24.5 Å². The minimum absolute atomic E-state index is 0.0127. The maximum atomic E-state index is 13.3. The third-order valence-corrected chi connectivity index (χ3v) is 3.05. The Hall–Kier alpha value is -1.36. The van der Waals surface area contributed by atoms with Crippen molar-refractivity contribution >= 4 is 27.2 Å². The van der Waals surface area contributed by atoms with Gasteiger partial charge >= 0.3 is 0 Å². The van der Waals surface area contributed by atoms with Gasteiger partial charge in [-0.15, -0.1) is 11.3 Å². The lowest BCUT2D eigenvalue weighted by Crippen LogP contribution is -1.92. The summed E-state index contributed by atoms with van der Waals surface area (Å²) in [5.41, 5.74) is 6.36. The average molecular weight is 212 g/mol. The fourth-order valence-electron chi connectivity index (χ4n) is 1.26. The first-order valence-corrected chi connectivity index (χ1v) is 4.84. The van der Waals surface area contributed by atoms with Crippen molar-refractivity contribution in [2.24, 2.45) is 0 Å². The summed E-state index contributed by atoms with van der Waals surface area (Å²) in [5, 5.41) is 0.658. The molecule has 0 radical (unpaired) electrons. The molecule has 0 atom stereocenters. The molecule has 0 bridgehead atoms. The molecule has 0 unspecified atom stereocenters.